The highest BCUT2D eigenvalue weighted by molar-refractivity contribution is 5.84. The van der Waals surface area contributed by atoms with E-state index in [9.17, 15) is 0 Å². The molecule has 0 spiro atoms. The molecule has 1 aromatic carbocycles. The van der Waals surface area contributed by atoms with Crippen LogP contribution in [0.5, 0.6) is 0 Å². The Balaban J connectivity index is 1.37. The molecule has 1 aliphatic heterocycles. The molecule has 5 rings (SSSR count). The zero-order valence-corrected chi connectivity index (χ0v) is 17.7. The van der Waals surface area contributed by atoms with Crippen molar-refractivity contribution in [1.82, 2.24) is 24.9 Å². The van der Waals surface area contributed by atoms with Gasteiger partial charge in [-0.25, -0.2) is 4.98 Å². The molecule has 3 aromatic heterocycles. The number of aryl methyl sites for hydroxylation is 1. The lowest BCUT2D eigenvalue weighted by atomic mass is 10.1. The summed E-state index contributed by atoms with van der Waals surface area (Å²) in [5.41, 5.74) is 5.21. The second-order valence-corrected chi connectivity index (χ2v) is 7.67. The van der Waals surface area contributed by atoms with E-state index in [1.807, 2.05) is 37.3 Å². The van der Waals surface area contributed by atoms with Crippen molar-refractivity contribution in [2.24, 2.45) is 0 Å². The summed E-state index contributed by atoms with van der Waals surface area (Å²) in [6, 6.07) is 10.2. The van der Waals surface area contributed by atoms with Gasteiger partial charge in [0, 0.05) is 48.5 Å². The van der Waals surface area contributed by atoms with Crippen LogP contribution in [0.3, 0.4) is 0 Å². The number of H-pyrrole nitrogens is 1. The number of pyridine rings is 1. The summed E-state index contributed by atoms with van der Waals surface area (Å²) in [5.74, 6) is 7.56. The summed E-state index contributed by atoms with van der Waals surface area (Å²) in [6.45, 7) is 3.55. The minimum Gasteiger partial charge on any atom is -0.381 e. The molecule has 32 heavy (non-hydrogen) atoms. The number of nitrogens with zero attached hydrogens (tertiary/aromatic N) is 4. The van der Waals surface area contributed by atoms with Crippen LogP contribution in [-0.2, 0) is 4.74 Å². The zero-order valence-electron chi connectivity index (χ0n) is 17.7. The lowest BCUT2D eigenvalue weighted by molar-refractivity contribution is 0.0904. The number of imidazole rings is 1. The summed E-state index contributed by atoms with van der Waals surface area (Å²) < 4.78 is 5.46. The fourth-order valence-electron chi connectivity index (χ4n) is 3.61. The highest BCUT2D eigenvalue weighted by Crippen LogP contribution is 2.25. The smallest absolute Gasteiger partial charge is 0.231 e. The second-order valence-electron chi connectivity index (χ2n) is 7.67. The Morgan fingerprint density at radius 1 is 1.09 bits per heavy atom. The Kier molecular flexibility index (Phi) is 5.64. The lowest BCUT2D eigenvalue weighted by Gasteiger charge is -2.23. The fourth-order valence-corrected chi connectivity index (χ4v) is 3.61. The Bertz CT molecular complexity index is 1280. The topological polar surface area (TPSA) is 101 Å². The van der Waals surface area contributed by atoms with Crippen LogP contribution in [0.2, 0.25) is 0 Å². The third-order valence-corrected chi connectivity index (χ3v) is 5.33. The molecular weight excluding hydrogens is 402 g/mol. The first-order chi connectivity index (χ1) is 15.7. The van der Waals surface area contributed by atoms with Crippen molar-refractivity contribution in [1.29, 1.82) is 0 Å². The molecule has 1 fully saturated rings. The van der Waals surface area contributed by atoms with Gasteiger partial charge in [0.25, 0.3) is 0 Å². The molecule has 0 amide bonds. The molecule has 4 heterocycles. The predicted molar refractivity (Wildman–Crippen MR) is 124 cm³/mol. The largest absolute Gasteiger partial charge is 0.381 e. The number of hydrogen-bond acceptors (Lipinski definition) is 7. The molecule has 160 valence electrons. The van der Waals surface area contributed by atoms with Gasteiger partial charge < -0.3 is 20.4 Å². The van der Waals surface area contributed by atoms with Crippen molar-refractivity contribution in [2.75, 3.05) is 23.8 Å². The number of nitrogens with one attached hydrogen (secondary N) is 3. The number of aromatic nitrogens is 5. The lowest BCUT2D eigenvalue weighted by Crippen LogP contribution is -2.28. The summed E-state index contributed by atoms with van der Waals surface area (Å²) in [7, 11) is 0. The number of hydrogen-bond donors (Lipinski definition) is 3. The molecular formula is C24H23N7O. The van der Waals surface area contributed by atoms with E-state index in [4.69, 9.17) is 9.72 Å². The van der Waals surface area contributed by atoms with Gasteiger partial charge in [-0.15, -0.1) is 0 Å². The molecule has 0 aliphatic carbocycles. The average molecular weight is 425 g/mol. The van der Waals surface area contributed by atoms with Crippen LogP contribution in [0.1, 0.15) is 29.5 Å². The van der Waals surface area contributed by atoms with Crippen molar-refractivity contribution in [3.05, 3.63) is 65.7 Å². The first kappa shape index (κ1) is 20.0. The van der Waals surface area contributed by atoms with E-state index in [2.05, 4.69) is 42.4 Å². The average Bonchev–Trinajstić information content (AvgIpc) is 3.30. The Morgan fingerprint density at radius 3 is 2.78 bits per heavy atom. The second kappa shape index (κ2) is 9.04. The summed E-state index contributed by atoms with van der Waals surface area (Å²) in [5, 5.41) is 6.86. The third kappa shape index (κ3) is 4.53. The standard InChI is InChI=1S/C24H23N7O/c1-16-13-17(4-5-18-3-2-10-25-14-18)6-7-20(16)29-24-30-22-21(26-15-27-22)23(31-24)28-19-8-11-32-12-9-19/h2-3,6-7,10,13-15,19H,8-9,11-12H2,1H3,(H3,26,27,28,29,30,31). The molecule has 1 saturated heterocycles. The van der Waals surface area contributed by atoms with Crippen LogP contribution in [0, 0.1) is 18.8 Å². The summed E-state index contributed by atoms with van der Waals surface area (Å²) in [6.07, 6.45) is 7.03. The number of fused-ring (bicyclic) bond motifs is 1. The third-order valence-electron chi connectivity index (χ3n) is 5.33. The molecule has 0 atom stereocenters. The predicted octanol–water partition coefficient (Wildman–Crippen LogP) is 3.79. The van der Waals surface area contributed by atoms with Crippen LogP contribution in [0.4, 0.5) is 17.5 Å². The highest BCUT2D eigenvalue weighted by Gasteiger charge is 2.17. The number of anilines is 3. The molecule has 8 nitrogen and oxygen atoms in total. The number of ether oxygens (including phenoxy) is 1. The van der Waals surface area contributed by atoms with Gasteiger partial charge in [-0.05, 0) is 55.7 Å². The van der Waals surface area contributed by atoms with Gasteiger partial charge in [0.1, 0.15) is 5.52 Å². The molecule has 1 aliphatic rings. The SMILES string of the molecule is Cc1cc(C#Cc2cccnc2)ccc1Nc1nc(NC2CCOCC2)c2[nH]cnc2n1. The van der Waals surface area contributed by atoms with Gasteiger partial charge >= 0.3 is 0 Å². The van der Waals surface area contributed by atoms with Gasteiger partial charge in [-0.1, -0.05) is 11.8 Å². The molecule has 4 aromatic rings. The van der Waals surface area contributed by atoms with Gasteiger partial charge in [-0.2, -0.15) is 9.97 Å². The molecule has 3 N–H and O–H groups in total. The Labute approximate surface area is 185 Å². The monoisotopic (exact) mass is 425 g/mol. The first-order valence-corrected chi connectivity index (χ1v) is 10.6. The van der Waals surface area contributed by atoms with E-state index in [1.54, 1.807) is 18.7 Å². The molecule has 0 bridgehead atoms. The van der Waals surface area contributed by atoms with Crippen LogP contribution in [0.25, 0.3) is 11.2 Å². The van der Waals surface area contributed by atoms with Gasteiger partial charge in [0.15, 0.2) is 11.5 Å². The normalized spacial score (nSPS) is 14.0. The van der Waals surface area contributed by atoms with E-state index < -0.39 is 0 Å². The van der Waals surface area contributed by atoms with Gasteiger partial charge in [0.05, 0.1) is 6.33 Å². The van der Waals surface area contributed by atoms with Crippen molar-refractivity contribution in [2.45, 2.75) is 25.8 Å². The minimum absolute atomic E-state index is 0.317. The quantitative estimate of drug-likeness (QED) is 0.428. The maximum absolute atomic E-state index is 5.46. The van der Waals surface area contributed by atoms with E-state index in [0.717, 1.165) is 59.8 Å². The maximum atomic E-state index is 5.46. The number of benzene rings is 1. The van der Waals surface area contributed by atoms with Crippen LogP contribution in [0.15, 0.2) is 49.1 Å². The number of aromatic amines is 1. The van der Waals surface area contributed by atoms with Crippen LogP contribution in [-0.4, -0.2) is 44.2 Å². The van der Waals surface area contributed by atoms with Gasteiger partial charge in [-0.3, -0.25) is 4.98 Å². The maximum Gasteiger partial charge on any atom is 0.231 e. The van der Waals surface area contributed by atoms with E-state index in [-0.39, 0.29) is 0 Å². The van der Waals surface area contributed by atoms with Crippen molar-refractivity contribution in [3.63, 3.8) is 0 Å². The Morgan fingerprint density at radius 2 is 1.97 bits per heavy atom. The van der Waals surface area contributed by atoms with E-state index in [0.29, 0.717) is 17.6 Å². The van der Waals surface area contributed by atoms with Crippen molar-refractivity contribution < 1.29 is 4.74 Å². The van der Waals surface area contributed by atoms with Crippen molar-refractivity contribution >= 4 is 28.6 Å². The first-order valence-electron chi connectivity index (χ1n) is 10.6. The van der Waals surface area contributed by atoms with E-state index in [1.165, 1.54) is 0 Å². The molecule has 8 heteroatoms. The highest BCUT2D eigenvalue weighted by atomic mass is 16.5. The zero-order chi connectivity index (χ0) is 21.8. The van der Waals surface area contributed by atoms with Crippen molar-refractivity contribution in [3.8, 4) is 11.8 Å². The number of rotatable bonds is 4. The molecule has 0 unspecified atom stereocenters. The van der Waals surface area contributed by atoms with Crippen LogP contribution >= 0.6 is 0 Å². The minimum atomic E-state index is 0.317. The summed E-state index contributed by atoms with van der Waals surface area (Å²) in [4.78, 5) is 20.8. The van der Waals surface area contributed by atoms with Crippen LogP contribution < -0.4 is 10.6 Å². The Hall–Kier alpha value is -3.96. The fraction of sp³-hybridized carbons (Fsp3) is 0.250. The summed E-state index contributed by atoms with van der Waals surface area (Å²) >= 11 is 0. The molecule has 0 radical (unpaired) electrons. The molecule has 0 saturated carbocycles. The van der Waals surface area contributed by atoms with Gasteiger partial charge in [0.2, 0.25) is 5.95 Å². The van der Waals surface area contributed by atoms with E-state index >= 15 is 0 Å².